The minimum atomic E-state index is -4.42. The zero-order chi connectivity index (χ0) is 20.5. The van der Waals surface area contributed by atoms with E-state index in [4.69, 9.17) is 11.6 Å². The lowest BCUT2D eigenvalue weighted by Crippen LogP contribution is -2.27. The maximum Gasteiger partial charge on any atom is 0.422 e. The lowest BCUT2D eigenvalue weighted by atomic mass is 10.1. The van der Waals surface area contributed by atoms with Crippen LogP contribution >= 0.6 is 11.6 Å². The van der Waals surface area contributed by atoms with Gasteiger partial charge in [-0.15, -0.1) is 0 Å². The third-order valence-corrected chi connectivity index (χ3v) is 4.22. The molecule has 0 fully saturated rings. The van der Waals surface area contributed by atoms with Crippen LogP contribution in [0.25, 0.3) is 10.9 Å². The van der Waals surface area contributed by atoms with Gasteiger partial charge >= 0.3 is 6.18 Å². The third-order valence-electron chi connectivity index (χ3n) is 3.98. The smallest absolute Gasteiger partial charge is 0.422 e. The van der Waals surface area contributed by atoms with Crippen molar-refractivity contribution in [3.05, 3.63) is 52.9 Å². The molecule has 0 radical (unpaired) electrons. The highest BCUT2D eigenvalue weighted by Gasteiger charge is 2.28. The van der Waals surface area contributed by atoms with Crippen molar-refractivity contribution in [2.75, 3.05) is 6.61 Å². The number of aryl methyl sites for hydroxylation is 1. The van der Waals surface area contributed by atoms with Crippen LogP contribution in [0.5, 0.6) is 5.75 Å². The topological polar surface area (TPSA) is 69.0 Å². The Morgan fingerprint density at radius 3 is 2.71 bits per heavy atom. The number of amides is 1. The second kappa shape index (κ2) is 7.67. The average molecular weight is 413 g/mol. The van der Waals surface area contributed by atoms with Crippen molar-refractivity contribution in [3.8, 4) is 5.75 Å². The predicted octanol–water partition coefficient (Wildman–Crippen LogP) is 4.05. The van der Waals surface area contributed by atoms with Crippen LogP contribution in [-0.2, 0) is 7.05 Å². The van der Waals surface area contributed by atoms with Crippen molar-refractivity contribution in [1.29, 1.82) is 0 Å². The van der Waals surface area contributed by atoms with Crippen molar-refractivity contribution in [1.82, 2.24) is 20.1 Å². The summed E-state index contributed by atoms with van der Waals surface area (Å²) in [6.45, 7) is 0.310. The Morgan fingerprint density at radius 1 is 1.32 bits per heavy atom. The van der Waals surface area contributed by atoms with Crippen LogP contribution in [0.1, 0.15) is 29.1 Å². The van der Waals surface area contributed by atoms with Crippen LogP contribution < -0.4 is 10.1 Å². The molecule has 0 saturated heterocycles. The number of pyridine rings is 1. The molecule has 0 saturated carbocycles. The van der Waals surface area contributed by atoms with Gasteiger partial charge in [-0.05, 0) is 37.3 Å². The summed E-state index contributed by atoms with van der Waals surface area (Å²) in [5.41, 5.74) is 1.44. The number of aromatic nitrogens is 3. The van der Waals surface area contributed by atoms with Crippen LogP contribution in [0.3, 0.4) is 0 Å². The minimum Gasteiger partial charge on any atom is -0.483 e. The molecule has 2 heterocycles. The van der Waals surface area contributed by atoms with Gasteiger partial charge in [0.05, 0.1) is 23.4 Å². The molecule has 10 heteroatoms. The van der Waals surface area contributed by atoms with Crippen LogP contribution in [0.15, 0.2) is 36.5 Å². The van der Waals surface area contributed by atoms with E-state index in [2.05, 4.69) is 20.1 Å². The Kier molecular flexibility index (Phi) is 5.46. The Balaban J connectivity index is 1.72. The first-order valence-corrected chi connectivity index (χ1v) is 8.60. The molecule has 1 aromatic carbocycles. The van der Waals surface area contributed by atoms with Gasteiger partial charge in [0.15, 0.2) is 12.3 Å². The summed E-state index contributed by atoms with van der Waals surface area (Å²) in [6, 6.07) is 7.50. The van der Waals surface area contributed by atoms with Gasteiger partial charge in [-0.2, -0.15) is 18.3 Å². The number of benzene rings is 1. The molecule has 148 valence electrons. The molecule has 1 N–H and O–H groups in total. The molecule has 0 spiro atoms. The van der Waals surface area contributed by atoms with Gasteiger partial charge < -0.3 is 10.1 Å². The Morgan fingerprint density at radius 2 is 2.07 bits per heavy atom. The van der Waals surface area contributed by atoms with E-state index in [0.717, 1.165) is 5.52 Å². The Bertz CT molecular complexity index is 1000. The Labute approximate surface area is 163 Å². The summed E-state index contributed by atoms with van der Waals surface area (Å²) in [7, 11) is 1.72. The SMILES string of the molecule is C[C@@H](NC(=O)c1nn(C)c2ccc(Cl)cc12)c1ccc(OCC(F)(F)F)cn1. The predicted molar refractivity (Wildman–Crippen MR) is 97.4 cm³/mol. The monoisotopic (exact) mass is 412 g/mol. The molecule has 3 rings (SSSR count). The number of hydrogen-bond donors (Lipinski definition) is 1. The molecule has 1 amide bonds. The fraction of sp³-hybridized carbons (Fsp3) is 0.278. The quantitative estimate of drug-likeness (QED) is 0.686. The first-order chi connectivity index (χ1) is 13.1. The number of halogens is 4. The largest absolute Gasteiger partial charge is 0.483 e. The molecule has 0 aliphatic heterocycles. The van der Waals surface area contributed by atoms with E-state index in [-0.39, 0.29) is 11.4 Å². The van der Waals surface area contributed by atoms with Gasteiger partial charge in [-0.3, -0.25) is 14.5 Å². The summed E-state index contributed by atoms with van der Waals surface area (Å²) < 4.78 is 42.7. The lowest BCUT2D eigenvalue weighted by Gasteiger charge is -2.14. The summed E-state index contributed by atoms with van der Waals surface area (Å²) in [6.07, 6.45) is -3.24. The summed E-state index contributed by atoms with van der Waals surface area (Å²) >= 11 is 6.01. The maximum absolute atomic E-state index is 12.6. The van der Waals surface area contributed by atoms with E-state index in [1.54, 1.807) is 36.9 Å². The molecular formula is C18H16ClF3N4O2. The molecule has 28 heavy (non-hydrogen) atoms. The normalized spacial score (nSPS) is 12.8. The molecule has 0 aliphatic carbocycles. The number of ether oxygens (including phenoxy) is 1. The fourth-order valence-electron chi connectivity index (χ4n) is 2.64. The first-order valence-electron chi connectivity index (χ1n) is 8.22. The highest BCUT2D eigenvalue weighted by molar-refractivity contribution is 6.31. The van der Waals surface area contributed by atoms with Crippen LogP contribution in [0.2, 0.25) is 5.02 Å². The number of nitrogens with one attached hydrogen (secondary N) is 1. The van der Waals surface area contributed by atoms with Crippen LogP contribution in [-0.4, -0.2) is 33.5 Å². The molecule has 6 nitrogen and oxygen atoms in total. The molecule has 0 bridgehead atoms. The van der Waals surface area contributed by atoms with Crippen molar-refractivity contribution < 1.29 is 22.7 Å². The van der Waals surface area contributed by atoms with Crippen LogP contribution in [0.4, 0.5) is 13.2 Å². The molecule has 2 aromatic heterocycles. The number of carbonyl (C=O) groups is 1. The van der Waals surface area contributed by atoms with E-state index < -0.39 is 24.7 Å². The molecule has 1 atom stereocenters. The number of nitrogens with zero attached hydrogens (tertiary/aromatic N) is 3. The Hall–Kier alpha value is -2.81. The van der Waals surface area contributed by atoms with Gasteiger partial charge in [0.2, 0.25) is 0 Å². The van der Waals surface area contributed by atoms with Crippen LogP contribution in [0, 0.1) is 0 Å². The number of carbonyl (C=O) groups excluding carboxylic acids is 1. The standard InChI is InChI=1S/C18H16ClF3N4O2/c1-10(14-5-4-12(8-23-14)28-9-18(20,21)22)24-17(27)16-13-7-11(19)3-6-15(13)26(2)25-16/h3-8,10H,9H2,1-2H3,(H,24,27)/t10-/m1/s1. The molecule has 3 aromatic rings. The number of fused-ring (bicyclic) bond motifs is 1. The summed E-state index contributed by atoms with van der Waals surface area (Å²) in [4.78, 5) is 16.7. The number of rotatable bonds is 5. The van der Waals surface area contributed by atoms with Gasteiger partial charge in [-0.25, -0.2) is 0 Å². The highest BCUT2D eigenvalue weighted by atomic mass is 35.5. The van der Waals surface area contributed by atoms with E-state index in [1.165, 1.54) is 18.3 Å². The zero-order valence-electron chi connectivity index (χ0n) is 14.9. The molecule has 0 aliphatic rings. The van der Waals surface area contributed by atoms with Crippen molar-refractivity contribution in [2.24, 2.45) is 7.05 Å². The van der Waals surface area contributed by atoms with Gasteiger partial charge in [0.25, 0.3) is 5.91 Å². The first kappa shape index (κ1) is 19.9. The second-order valence-corrected chi connectivity index (χ2v) is 6.59. The van der Waals surface area contributed by atoms with E-state index in [1.807, 2.05) is 0 Å². The van der Waals surface area contributed by atoms with Crippen molar-refractivity contribution in [2.45, 2.75) is 19.1 Å². The summed E-state index contributed by atoms with van der Waals surface area (Å²) in [5, 5.41) is 8.11. The number of alkyl halides is 3. The molecule has 0 unspecified atom stereocenters. The van der Waals surface area contributed by atoms with Crippen molar-refractivity contribution >= 4 is 28.4 Å². The van der Waals surface area contributed by atoms with Gasteiger partial charge in [0, 0.05) is 17.5 Å². The number of hydrogen-bond acceptors (Lipinski definition) is 4. The lowest BCUT2D eigenvalue weighted by molar-refractivity contribution is -0.153. The maximum atomic E-state index is 12.6. The fourth-order valence-corrected chi connectivity index (χ4v) is 2.82. The van der Waals surface area contributed by atoms with Gasteiger partial charge in [0.1, 0.15) is 5.75 Å². The zero-order valence-corrected chi connectivity index (χ0v) is 15.7. The van der Waals surface area contributed by atoms with Gasteiger partial charge in [-0.1, -0.05) is 11.6 Å². The molecular weight excluding hydrogens is 397 g/mol. The van der Waals surface area contributed by atoms with E-state index in [9.17, 15) is 18.0 Å². The average Bonchev–Trinajstić information content (AvgIpc) is 2.96. The van der Waals surface area contributed by atoms with E-state index in [0.29, 0.717) is 16.1 Å². The second-order valence-electron chi connectivity index (χ2n) is 6.15. The minimum absolute atomic E-state index is 0.00929. The highest BCUT2D eigenvalue weighted by Crippen LogP contribution is 2.23. The third kappa shape index (κ3) is 4.53. The van der Waals surface area contributed by atoms with E-state index >= 15 is 0 Å². The summed E-state index contributed by atoms with van der Waals surface area (Å²) in [5.74, 6) is -0.426. The van der Waals surface area contributed by atoms with Crippen molar-refractivity contribution in [3.63, 3.8) is 0 Å².